The summed E-state index contributed by atoms with van der Waals surface area (Å²) in [6, 6.07) is 11.1. The third kappa shape index (κ3) is 5.51. The number of piperidine rings is 1. The van der Waals surface area contributed by atoms with Crippen LogP contribution in [0.4, 0.5) is 13.2 Å². The van der Waals surface area contributed by atoms with E-state index in [4.69, 9.17) is 23.9 Å². The Morgan fingerprint density at radius 2 is 1.91 bits per heavy atom. The molecule has 1 N–H and O–H groups in total. The fourth-order valence-electron chi connectivity index (χ4n) is 6.48. The minimum Gasteiger partial charge on any atom is -0.494 e. The predicted octanol–water partition coefficient (Wildman–Crippen LogP) is 5.97. The number of halogens is 3. The molecular formula is C33H33F3N4O6. The summed E-state index contributed by atoms with van der Waals surface area (Å²) in [7, 11) is 1.51. The number of methoxy groups -OCH3 is 1. The molecule has 7 rings (SSSR count). The molecule has 0 aliphatic carbocycles. The number of carboxylic acids is 1. The summed E-state index contributed by atoms with van der Waals surface area (Å²) in [5, 5.41) is 9.69. The van der Waals surface area contributed by atoms with Gasteiger partial charge >= 0.3 is 12.1 Å². The molecule has 10 nitrogen and oxygen atoms in total. The van der Waals surface area contributed by atoms with Gasteiger partial charge in [-0.3, -0.25) is 9.88 Å². The molecule has 0 bridgehead atoms. The van der Waals surface area contributed by atoms with Gasteiger partial charge in [0.2, 0.25) is 0 Å². The Labute approximate surface area is 262 Å². The molecule has 0 spiro atoms. The summed E-state index contributed by atoms with van der Waals surface area (Å²) in [6.07, 6.45) is -1.03. The van der Waals surface area contributed by atoms with Crippen LogP contribution in [-0.4, -0.2) is 63.4 Å². The van der Waals surface area contributed by atoms with E-state index in [2.05, 4.69) is 14.5 Å². The van der Waals surface area contributed by atoms with Crippen molar-refractivity contribution < 1.29 is 42.0 Å². The molecular weight excluding hydrogens is 605 g/mol. The summed E-state index contributed by atoms with van der Waals surface area (Å²) in [5.41, 5.74) is 1.88. The first-order chi connectivity index (χ1) is 22.0. The molecule has 0 radical (unpaired) electrons. The summed E-state index contributed by atoms with van der Waals surface area (Å²) >= 11 is 0. The minimum absolute atomic E-state index is 0.0484. The number of aromatic carboxylic acids is 1. The third-order valence-corrected chi connectivity index (χ3v) is 9.10. The van der Waals surface area contributed by atoms with Gasteiger partial charge in [-0.1, -0.05) is 12.1 Å². The molecule has 2 aromatic heterocycles. The van der Waals surface area contributed by atoms with Crippen LogP contribution in [0.15, 0.2) is 48.7 Å². The number of likely N-dealkylation sites (tertiary alicyclic amines) is 1. The number of fused-ring (bicyclic) bond motifs is 2. The molecule has 2 atom stereocenters. The number of ether oxygens (including phenoxy) is 4. The van der Waals surface area contributed by atoms with Gasteiger partial charge in [0, 0.05) is 25.3 Å². The number of hydrogen-bond acceptors (Lipinski definition) is 8. The normalized spacial score (nSPS) is 21.8. The topological polar surface area (TPSA) is 108 Å². The van der Waals surface area contributed by atoms with Crippen molar-refractivity contribution in [2.24, 2.45) is 0 Å². The van der Waals surface area contributed by atoms with Gasteiger partial charge in [-0.05, 0) is 68.6 Å². The zero-order valence-electron chi connectivity index (χ0n) is 25.3. The number of rotatable bonds is 8. The fourth-order valence-corrected chi connectivity index (χ4v) is 6.48. The average molecular weight is 639 g/mol. The second-order valence-electron chi connectivity index (χ2n) is 12.1. The maximum atomic E-state index is 13.1. The Morgan fingerprint density at radius 3 is 2.54 bits per heavy atom. The van der Waals surface area contributed by atoms with E-state index in [0.717, 1.165) is 56.0 Å². The van der Waals surface area contributed by atoms with Crippen LogP contribution in [0.1, 0.15) is 65.1 Å². The van der Waals surface area contributed by atoms with E-state index in [-0.39, 0.29) is 23.3 Å². The molecule has 2 aromatic carbocycles. The number of para-hydroxylation sites is 1. The van der Waals surface area contributed by atoms with E-state index >= 15 is 0 Å². The monoisotopic (exact) mass is 638 g/mol. The summed E-state index contributed by atoms with van der Waals surface area (Å²) in [6.45, 7) is 5.09. The molecule has 5 heterocycles. The second kappa shape index (κ2) is 11.5. The van der Waals surface area contributed by atoms with E-state index in [1.807, 2.05) is 12.1 Å². The van der Waals surface area contributed by atoms with Crippen molar-refractivity contribution in [2.75, 3.05) is 26.8 Å². The van der Waals surface area contributed by atoms with Crippen molar-refractivity contribution in [3.8, 4) is 17.2 Å². The first-order valence-corrected chi connectivity index (χ1v) is 15.2. The lowest BCUT2D eigenvalue weighted by atomic mass is 9.88. The maximum absolute atomic E-state index is 13.1. The summed E-state index contributed by atoms with van der Waals surface area (Å²) in [4.78, 5) is 23.1. The van der Waals surface area contributed by atoms with Crippen LogP contribution in [0.5, 0.6) is 17.2 Å². The standard InChI is InChI=1S/C33H33F3N4O6/c1-32(27-7-6-21(16-37-27)33(34,35)36)45-25-5-3-4-23(30(25)46-32)19-8-11-39(12-9-19)18-28-38-29-24(40(28)17-22-10-13-44-22)14-20(31(41)42)15-26(29)43-2/h3-7,14-16,19,22H,8-13,17-18H2,1-2H3,(H,41,42). The van der Waals surface area contributed by atoms with Crippen molar-refractivity contribution in [1.29, 1.82) is 0 Å². The molecule has 4 aromatic rings. The Morgan fingerprint density at radius 1 is 1.13 bits per heavy atom. The zero-order valence-corrected chi connectivity index (χ0v) is 25.3. The quantitative estimate of drug-likeness (QED) is 0.250. The van der Waals surface area contributed by atoms with Gasteiger partial charge in [0.1, 0.15) is 22.8 Å². The molecule has 13 heteroatoms. The number of benzene rings is 2. The Hall–Kier alpha value is -4.36. The highest BCUT2D eigenvalue weighted by Crippen LogP contribution is 2.49. The zero-order chi connectivity index (χ0) is 32.2. The van der Waals surface area contributed by atoms with Crippen LogP contribution in [0, 0.1) is 0 Å². The van der Waals surface area contributed by atoms with Crippen LogP contribution in [-0.2, 0) is 29.8 Å². The SMILES string of the molecule is COc1cc(C(=O)O)cc2c1nc(CN1CCC(c3cccc4c3OC(C)(c3ccc(C(F)(F)F)cn3)O4)CC1)n2CC1CCO1. The van der Waals surface area contributed by atoms with Crippen LogP contribution in [0.25, 0.3) is 11.0 Å². The van der Waals surface area contributed by atoms with Gasteiger partial charge in [-0.15, -0.1) is 0 Å². The summed E-state index contributed by atoms with van der Waals surface area (Å²) < 4.78 is 65.0. The number of nitrogens with zero attached hydrogens (tertiary/aromatic N) is 4. The number of hydrogen-bond donors (Lipinski definition) is 1. The Bertz CT molecular complexity index is 1780. The molecule has 0 saturated carbocycles. The number of aromatic nitrogens is 3. The van der Waals surface area contributed by atoms with E-state index < -0.39 is 23.5 Å². The number of carbonyl (C=O) groups is 1. The average Bonchev–Trinajstić information content (AvgIpc) is 3.55. The van der Waals surface area contributed by atoms with Crippen molar-refractivity contribution in [2.45, 2.75) is 63.3 Å². The van der Waals surface area contributed by atoms with Gasteiger partial charge < -0.3 is 28.6 Å². The Balaban J connectivity index is 1.08. The molecule has 0 amide bonds. The van der Waals surface area contributed by atoms with Crippen molar-refractivity contribution in [1.82, 2.24) is 19.4 Å². The number of imidazole rings is 1. The van der Waals surface area contributed by atoms with Crippen LogP contribution >= 0.6 is 0 Å². The van der Waals surface area contributed by atoms with Crippen molar-refractivity contribution >= 4 is 17.0 Å². The highest BCUT2D eigenvalue weighted by atomic mass is 19.4. The maximum Gasteiger partial charge on any atom is 0.417 e. The van der Waals surface area contributed by atoms with Gasteiger partial charge in [0.25, 0.3) is 5.79 Å². The first-order valence-electron chi connectivity index (χ1n) is 15.2. The number of pyridine rings is 1. The van der Waals surface area contributed by atoms with Gasteiger partial charge in [0.05, 0.1) is 42.9 Å². The second-order valence-corrected chi connectivity index (χ2v) is 12.1. The molecule has 2 saturated heterocycles. The van der Waals surface area contributed by atoms with E-state index in [0.29, 0.717) is 48.0 Å². The molecule has 46 heavy (non-hydrogen) atoms. The van der Waals surface area contributed by atoms with Crippen LogP contribution < -0.4 is 14.2 Å². The smallest absolute Gasteiger partial charge is 0.417 e. The highest BCUT2D eigenvalue weighted by Gasteiger charge is 2.43. The van der Waals surface area contributed by atoms with E-state index in [1.165, 1.54) is 19.2 Å². The first kappa shape index (κ1) is 30.3. The van der Waals surface area contributed by atoms with Gasteiger partial charge in [0.15, 0.2) is 11.5 Å². The third-order valence-electron chi connectivity index (χ3n) is 9.10. The molecule has 2 fully saturated rings. The van der Waals surface area contributed by atoms with E-state index in [1.54, 1.807) is 19.1 Å². The van der Waals surface area contributed by atoms with Crippen LogP contribution in [0.3, 0.4) is 0 Å². The van der Waals surface area contributed by atoms with Crippen LogP contribution in [0.2, 0.25) is 0 Å². The number of carboxylic acid groups (broad SMARTS) is 1. The summed E-state index contributed by atoms with van der Waals surface area (Å²) in [5.74, 6) is 0.157. The van der Waals surface area contributed by atoms with Crippen molar-refractivity contribution in [3.05, 3.63) is 76.9 Å². The van der Waals surface area contributed by atoms with Gasteiger partial charge in [-0.25, -0.2) is 9.78 Å². The fraction of sp³-hybridized carbons (Fsp3) is 0.424. The highest BCUT2D eigenvalue weighted by molar-refractivity contribution is 5.95. The minimum atomic E-state index is -4.48. The van der Waals surface area contributed by atoms with E-state index in [9.17, 15) is 23.1 Å². The lowest BCUT2D eigenvalue weighted by Crippen LogP contribution is -2.35. The van der Waals surface area contributed by atoms with Crippen molar-refractivity contribution in [3.63, 3.8) is 0 Å². The predicted molar refractivity (Wildman–Crippen MR) is 159 cm³/mol. The number of alkyl halides is 3. The van der Waals surface area contributed by atoms with Gasteiger partial charge in [-0.2, -0.15) is 13.2 Å². The lowest BCUT2D eigenvalue weighted by molar-refractivity contribution is -0.138. The molecule has 242 valence electrons. The molecule has 2 unspecified atom stereocenters. The lowest BCUT2D eigenvalue weighted by Gasteiger charge is -2.33. The molecule has 3 aliphatic rings. The molecule has 3 aliphatic heterocycles. The largest absolute Gasteiger partial charge is 0.494 e. The Kier molecular flexibility index (Phi) is 7.55.